The number of halogens is 4. The summed E-state index contributed by atoms with van der Waals surface area (Å²) in [4.78, 5) is 0. The Balaban J connectivity index is 2.33. The first-order valence-corrected chi connectivity index (χ1v) is 6.49. The van der Waals surface area contributed by atoms with E-state index in [1.807, 2.05) is 0 Å². The van der Waals surface area contributed by atoms with Gasteiger partial charge >= 0.3 is 6.18 Å². The molecule has 0 unspecified atom stereocenters. The monoisotopic (exact) mass is 275 g/mol. The molecule has 0 amide bonds. The van der Waals surface area contributed by atoms with E-state index in [0.29, 0.717) is 18.4 Å². The Hall–Kier alpha value is -1.10. The maximum atomic E-state index is 13.6. The van der Waals surface area contributed by atoms with E-state index in [2.05, 4.69) is 0 Å². The zero-order chi connectivity index (χ0) is 14.1. The summed E-state index contributed by atoms with van der Waals surface area (Å²) in [7, 11) is 0. The standard InChI is InChI=1S/C14H17F4N/c15-12-9-10(5-6-11(12)14(16,17)18)13(19)7-3-1-2-4-8-13/h5-6,9H,1-4,7-8,19H2. The summed E-state index contributed by atoms with van der Waals surface area (Å²) in [5, 5.41) is 0. The van der Waals surface area contributed by atoms with Crippen LogP contribution in [0.4, 0.5) is 17.6 Å². The summed E-state index contributed by atoms with van der Waals surface area (Å²) in [5.74, 6) is -1.24. The Morgan fingerprint density at radius 1 is 1.00 bits per heavy atom. The molecule has 1 fully saturated rings. The normalized spacial score (nSPS) is 20.1. The van der Waals surface area contributed by atoms with Gasteiger partial charge in [0.15, 0.2) is 0 Å². The molecule has 0 atom stereocenters. The summed E-state index contributed by atoms with van der Waals surface area (Å²) in [5.41, 5.74) is 4.81. The van der Waals surface area contributed by atoms with E-state index in [-0.39, 0.29) is 0 Å². The first kappa shape index (κ1) is 14.3. The zero-order valence-corrected chi connectivity index (χ0v) is 10.6. The highest BCUT2D eigenvalue weighted by Crippen LogP contribution is 2.37. The molecule has 0 radical (unpaired) electrons. The lowest BCUT2D eigenvalue weighted by atomic mass is 9.83. The van der Waals surface area contributed by atoms with E-state index in [1.165, 1.54) is 6.07 Å². The van der Waals surface area contributed by atoms with Crippen molar-refractivity contribution < 1.29 is 17.6 Å². The van der Waals surface area contributed by atoms with Gasteiger partial charge in [-0.05, 0) is 30.5 Å². The van der Waals surface area contributed by atoms with Gasteiger partial charge in [0.2, 0.25) is 0 Å². The Bertz CT molecular complexity index is 445. The summed E-state index contributed by atoms with van der Waals surface area (Å²) in [6.45, 7) is 0. The summed E-state index contributed by atoms with van der Waals surface area (Å²) < 4.78 is 51.1. The minimum atomic E-state index is -4.66. The second-order valence-electron chi connectivity index (χ2n) is 5.26. The first-order chi connectivity index (χ1) is 8.83. The average molecular weight is 275 g/mol. The van der Waals surface area contributed by atoms with Crippen LogP contribution in [-0.4, -0.2) is 0 Å². The third-order valence-electron chi connectivity index (χ3n) is 3.85. The van der Waals surface area contributed by atoms with Gasteiger partial charge in [-0.15, -0.1) is 0 Å². The molecule has 0 spiro atoms. The average Bonchev–Trinajstić information content (AvgIpc) is 2.53. The minimum Gasteiger partial charge on any atom is -0.321 e. The summed E-state index contributed by atoms with van der Waals surface area (Å²) in [6, 6.07) is 3.07. The van der Waals surface area contributed by atoms with Crippen LogP contribution < -0.4 is 5.73 Å². The molecule has 1 aliphatic rings. The highest BCUT2D eigenvalue weighted by molar-refractivity contribution is 5.31. The summed E-state index contributed by atoms with van der Waals surface area (Å²) >= 11 is 0. The third-order valence-corrected chi connectivity index (χ3v) is 3.85. The van der Waals surface area contributed by atoms with Crippen LogP contribution in [0.2, 0.25) is 0 Å². The molecule has 1 saturated carbocycles. The van der Waals surface area contributed by atoms with E-state index in [0.717, 1.165) is 37.8 Å². The van der Waals surface area contributed by atoms with Crippen molar-refractivity contribution in [2.45, 2.75) is 50.2 Å². The molecule has 0 saturated heterocycles. The Morgan fingerprint density at radius 3 is 2.05 bits per heavy atom. The Labute approximate surface area is 109 Å². The molecule has 106 valence electrons. The van der Waals surface area contributed by atoms with Crippen molar-refractivity contribution in [1.82, 2.24) is 0 Å². The molecule has 0 aliphatic heterocycles. The zero-order valence-electron chi connectivity index (χ0n) is 10.6. The van der Waals surface area contributed by atoms with Gasteiger partial charge in [0, 0.05) is 5.54 Å². The van der Waals surface area contributed by atoms with Crippen molar-refractivity contribution in [1.29, 1.82) is 0 Å². The fourth-order valence-electron chi connectivity index (χ4n) is 2.70. The van der Waals surface area contributed by atoms with Crippen molar-refractivity contribution in [2.75, 3.05) is 0 Å². The molecule has 1 nitrogen and oxygen atoms in total. The van der Waals surface area contributed by atoms with Gasteiger partial charge in [-0.3, -0.25) is 0 Å². The first-order valence-electron chi connectivity index (χ1n) is 6.49. The Morgan fingerprint density at radius 2 is 1.58 bits per heavy atom. The molecule has 1 aliphatic carbocycles. The van der Waals surface area contributed by atoms with Crippen LogP contribution in [0.15, 0.2) is 18.2 Å². The SMILES string of the molecule is NC1(c2ccc(C(F)(F)F)c(F)c2)CCCCCC1. The van der Waals surface area contributed by atoms with Crippen LogP contribution in [0, 0.1) is 5.82 Å². The van der Waals surface area contributed by atoms with Crippen molar-refractivity contribution in [3.05, 3.63) is 35.1 Å². The third kappa shape index (κ3) is 3.08. The maximum absolute atomic E-state index is 13.6. The second kappa shape index (κ2) is 5.12. The lowest BCUT2D eigenvalue weighted by Gasteiger charge is -2.29. The van der Waals surface area contributed by atoms with Gasteiger partial charge in [-0.25, -0.2) is 4.39 Å². The molecule has 0 bridgehead atoms. The topological polar surface area (TPSA) is 26.0 Å². The molecule has 0 aromatic heterocycles. The summed E-state index contributed by atoms with van der Waals surface area (Å²) in [6.07, 6.45) is 0.728. The quantitative estimate of drug-likeness (QED) is 0.598. The van der Waals surface area contributed by atoms with E-state index in [4.69, 9.17) is 5.73 Å². The van der Waals surface area contributed by atoms with Crippen LogP contribution in [-0.2, 0) is 11.7 Å². The predicted octanol–water partition coefficient (Wildman–Crippen LogP) is 4.35. The molecule has 1 aromatic carbocycles. The fourth-order valence-corrected chi connectivity index (χ4v) is 2.70. The number of hydrogen-bond acceptors (Lipinski definition) is 1. The van der Waals surface area contributed by atoms with Crippen LogP contribution in [0.3, 0.4) is 0 Å². The minimum absolute atomic E-state index is 0.472. The van der Waals surface area contributed by atoms with Gasteiger partial charge in [-0.1, -0.05) is 31.7 Å². The van der Waals surface area contributed by atoms with E-state index in [9.17, 15) is 17.6 Å². The van der Waals surface area contributed by atoms with Gasteiger partial charge in [-0.2, -0.15) is 13.2 Å². The highest BCUT2D eigenvalue weighted by atomic mass is 19.4. The smallest absolute Gasteiger partial charge is 0.321 e. The van der Waals surface area contributed by atoms with E-state index in [1.54, 1.807) is 0 Å². The van der Waals surface area contributed by atoms with E-state index >= 15 is 0 Å². The molecule has 5 heteroatoms. The van der Waals surface area contributed by atoms with Gasteiger partial charge < -0.3 is 5.73 Å². The Kier molecular flexibility index (Phi) is 3.85. The molecular formula is C14H17F4N. The lowest BCUT2D eigenvalue weighted by molar-refractivity contribution is -0.140. The molecule has 2 rings (SSSR count). The van der Waals surface area contributed by atoms with Crippen molar-refractivity contribution >= 4 is 0 Å². The maximum Gasteiger partial charge on any atom is 0.419 e. The van der Waals surface area contributed by atoms with Gasteiger partial charge in [0.05, 0.1) is 5.56 Å². The molecule has 0 heterocycles. The van der Waals surface area contributed by atoms with Crippen LogP contribution in [0.5, 0.6) is 0 Å². The number of alkyl halides is 3. The molecule has 1 aromatic rings. The van der Waals surface area contributed by atoms with Crippen molar-refractivity contribution in [2.24, 2.45) is 5.73 Å². The van der Waals surface area contributed by atoms with E-state index < -0.39 is 23.1 Å². The largest absolute Gasteiger partial charge is 0.419 e. The number of benzene rings is 1. The van der Waals surface area contributed by atoms with Crippen molar-refractivity contribution in [3.63, 3.8) is 0 Å². The molecule has 2 N–H and O–H groups in total. The number of rotatable bonds is 1. The van der Waals surface area contributed by atoms with Crippen molar-refractivity contribution in [3.8, 4) is 0 Å². The molecular weight excluding hydrogens is 258 g/mol. The van der Waals surface area contributed by atoms with Crippen LogP contribution in [0.25, 0.3) is 0 Å². The van der Waals surface area contributed by atoms with Gasteiger partial charge in [0.1, 0.15) is 5.82 Å². The van der Waals surface area contributed by atoms with Crippen LogP contribution >= 0.6 is 0 Å². The fraction of sp³-hybridized carbons (Fsp3) is 0.571. The molecule has 19 heavy (non-hydrogen) atoms. The second-order valence-corrected chi connectivity index (χ2v) is 5.26. The lowest BCUT2D eigenvalue weighted by Crippen LogP contribution is -2.36. The number of nitrogens with two attached hydrogens (primary N) is 1. The highest BCUT2D eigenvalue weighted by Gasteiger charge is 2.36. The number of hydrogen-bond donors (Lipinski definition) is 1. The predicted molar refractivity (Wildman–Crippen MR) is 65.0 cm³/mol. The van der Waals surface area contributed by atoms with Crippen LogP contribution in [0.1, 0.15) is 49.7 Å². The van der Waals surface area contributed by atoms with Gasteiger partial charge in [0.25, 0.3) is 0 Å².